The van der Waals surface area contributed by atoms with Gasteiger partial charge in [0.1, 0.15) is 0 Å². The Bertz CT molecular complexity index is 764. The van der Waals surface area contributed by atoms with E-state index in [1.165, 1.54) is 12.1 Å². The van der Waals surface area contributed by atoms with Gasteiger partial charge in [0.15, 0.2) is 0 Å². The molecule has 0 spiro atoms. The summed E-state index contributed by atoms with van der Waals surface area (Å²) in [6.07, 6.45) is 2.07. The quantitative estimate of drug-likeness (QED) is 0.814. The molecule has 24 heavy (non-hydrogen) atoms. The maximum atomic E-state index is 12.5. The number of hydrogen-bond acceptors (Lipinski definition) is 3. The second kappa shape index (κ2) is 6.27. The van der Waals surface area contributed by atoms with E-state index in [-0.39, 0.29) is 23.2 Å². The first kappa shape index (κ1) is 18.6. The number of carbonyl (C=O) groups excluding carboxylic acids is 1. The van der Waals surface area contributed by atoms with Gasteiger partial charge in [0.25, 0.3) is 0 Å². The molecule has 0 aromatic heterocycles. The van der Waals surface area contributed by atoms with Crippen LogP contribution in [0.2, 0.25) is 0 Å². The van der Waals surface area contributed by atoms with Gasteiger partial charge in [0, 0.05) is 5.69 Å². The fourth-order valence-corrected chi connectivity index (χ4v) is 3.62. The molecule has 1 aromatic rings. The highest BCUT2D eigenvalue weighted by atomic mass is 32.2. The van der Waals surface area contributed by atoms with E-state index in [0.29, 0.717) is 5.69 Å². The number of rotatable bonds is 5. The topological polar surface area (TPSA) is 63.2 Å². The molecule has 0 radical (unpaired) electrons. The monoisotopic (exact) mass is 357 g/mol. The zero-order chi connectivity index (χ0) is 18.3. The summed E-state index contributed by atoms with van der Waals surface area (Å²) in [7, 11) is -4.62. The number of sulfone groups is 1. The first-order chi connectivity index (χ1) is 11.0. The molecule has 4 nitrogen and oxygen atoms in total. The molecule has 1 saturated carbocycles. The Morgan fingerprint density at radius 1 is 1.21 bits per heavy atom. The van der Waals surface area contributed by atoms with E-state index in [1.54, 1.807) is 0 Å². The molecule has 1 aromatic carbocycles. The minimum atomic E-state index is -4.62. The van der Waals surface area contributed by atoms with Crippen molar-refractivity contribution in [3.8, 4) is 0 Å². The Kier molecular flexibility index (Phi) is 4.86. The molecule has 0 unspecified atom stereocenters. The number of halogens is 2. The molecule has 2 rings (SSSR count). The lowest BCUT2D eigenvalue weighted by Crippen LogP contribution is -2.17. The summed E-state index contributed by atoms with van der Waals surface area (Å²) in [4.78, 5) is 11.9. The summed E-state index contributed by atoms with van der Waals surface area (Å²) in [6, 6.07) is 4.78. The van der Waals surface area contributed by atoms with E-state index in [2.05, 4.69) is 11.4 Å². The summed E-state index contributed by atoms with van der Waals surface area (Å²) >= 11 is 0. The average Bonchev–Trinajstić information content (AvgIpc) is 2.99. The maximum absolute atomic E-state index is 12.5. The van der Waals surface area contributed by atoms with Gasteiger partial charge in [-0.2, -0.15) is 8.78 Å². The average molecular weight is 357 g/mol. The number of amides is 1. The van der Waals surface area contributed by atoms with E-state index in [4.69, 9.17) is 0 Å². The predicted octanol–water partition coefficient (Wildman–Crippen LogP) is 3.86. The van der Waals surface area contributed by atoms with E-state index in [1.807, 2.05) is 27.7 Å². The zero-order valence-corrected chi connectivity index (χ0v) is 14.8. The van der Waals surface area contributed by atoms with Crippen molar-refractivity contribution in [1.29, 1.82) is 0 Å². The van der Waals surface area contributed by atoms with Gasteiger partial charge in [-0.25, -0.2) is 8.42 Å². The van der Waals surface area contributed by atoms with E-state index >= 15 is 0 Å². The lowest BCUT2D eigenvalue weighted by molar-refractivity contribution is -0.118. The molecular formula is C17H21F2NO3S. The maximum Gasteiger partial charge on any atom is 0.341 e. The largest absolute Gasteiger partial charge is 0.341 e. The fraction of sp³-hybridized carbons (Fsp3) is 0.471. The van der Waals surface area contributed by atoms with Gasteiger partial charge in [-0.1, -0.05) is 25.5 Å². The summed E-state index contributed by atoms with van der Waals surface area (Å²) < 4.78 is 47.7. The molecule has 132 valence electrons. The number of anilines is 1. The van der Waals surface area contributed by atoms with Crippen molar-refractivity contribution in [1.82, 2.24) is 0 Å². The number of benzene rings is 1. The van der Waals surface area contributed by atoms with Gasteiger partial charge in [-0.15, -0.1) is 0 Å². The van der Waals surface area contributed by atoms with Crippen LogP contribution in [0.1, 0.15) is 27.7 Å². The van der Waals surface area contributed by atoms with Crippen LogP contribution >= 0.6 is 0 Å². The molecule has 1 amide bonds. The molecule has 0 aliphatic heterocycles. The van der Waals surface area contributed by atoms with Crippen LogP contribution in [0.5, 0.6) is 0 Å². The number of hydrogen-bond donors (Lipinski definition) is 1. The molecular weight excluding hydrogens is 336 g/mol. The van der Waals surface area contributed by atoms with Crippen molar-refractivity contribution in [2.45, 2.75) is 38.3 Å². The minimum Gasteiger partial charge on any atom is -0.326 e. The molecule has 0 heterocycles. The fourth-order valence-electron chi connectivity index (χ4n) is 2.90. The highest BCUT2D eigenvalue weighted by Gasteiger charge is 2.60. The van der Waals surface area contributed by atoms with Crippen molar-refractivity contribution in [3.05, 3.63) is 35.9 Å². The Morgan fingerprint density at radius 2 is 1.75 bits per heavy atom. The van der Waals surface area contributed by atoms with Gasteiger partial charge in [0.2, 0.25) is 15.7 Å². The third kappa shape index (κ3) is 3.50. The first-order valence-electron chi connectivity index (χ1n) is 7.56. The van der Waals surface area contributed by atoms with Crippen molar-refractivity contribution in [2.24, 2.45) is 17.3 Å². The molecule has 2 atom stereocenters. The number of carbonyl (C=O) groups is 1. The van der Waals surface area contributed by atoms with Gasteiger partial charge >= 0.3 is 5.76 Å². The number of alkyl halides is 2. The van der Waals surface area contributed by atoms with Crippen LogP contribution in [0.15, 0.2) is 40.8 Å². The molecule has 7 heteroatoms. The van der Waals surface area contributed by atoms with Crippen molar-refractivity contribution in [2.75, 3.05) is 5.32 Å². The van der Waals surface area contributed by atoms with Crippen LogP contribution in [0, 0.1) is 17.3 Å². The van der Waals surface area contributed by atoms with Crippen LogP contribution in [-0.2, 0) is 14.6 Å². The Balaban J connectivity index is 2.10. The van der Waals surface area contributed by atoms with Gasteiger partial charge < -0.3 is 5.32 Å². The van der Waals surface area contributed by atoms with Crippen molar-refractivity contribution < 1.29 is 22.0 Å². The Hall–Kier alpha value is -1.76. The minimum absolute atomic E-state index is 0.139. The Morgan fingerprint density at radius 3 is 2.21 bits per heavy atom. The van der Waals surface area contributed by atoms with Crippen LogP contribution in [0.4, 0.5) is 14.5 Å². The lowest BCUT2D eigenvalue weighted by atomic mass is 10.1. The van der Waals surface area contributed by atoms with Gasteiger partial charge in [-0.3, -0.25) is 4.79 Å². The lowest BCUT2D eigenvalue weighted by Gasteiger charge is -2.08. The van der Waals surface area contributed by atoms with Crippen molar-refractivity contribution >= 4 is 21.4 Å². The smallest absolute Gasteiger partial charge is 0.326 e. The highest BCUT2D eigenvalue weighted by Crippen LogP contribution is 2.59. The second-order valence-electron chi connectivity index (χ2n) is 6.89. The predicted molar refractivity (Wildman–Crippen MR) is 88.5 cm³/mol. The number of allylic oxidation sites excluding steroid dienone is 2. The van der Waals surface area contributed by atoms with Crippen LogP contribution in [-0.4, -0.2) is 20.1 Å². The zero-order valence-electron chi connectivity index (χ0n) is 14.0. The molecule has 1 N–H and O–H groups in total. The highest BCUT2D eigenvalue weighted by molar-refractivity contribution is 7.91. The van der Waals surface area contributed by atoms with Gasteiger partial charge in [0.05, 0.1) is 10.8 Å². The third-order valence-corrected chi connectivity index (χ3v) is 5.79. The van der Waals surface area contributed by atoms with E-state index in [0.717, 1.165) is 17.7 Å². The van der Waals surface area contributed by atoms with Crippen LogP contribution < -0.4 is 5.32 Å². The normalized spacial score (nSPS) is 22.1. The SMILES string of the molecule is CC(C)=C[C@@H]1[C@H](C(=O)Nc2ccc(S(=O)(=O)C(F)F)cc2)C1(C)C. The van der Waals surface area contributed by atoms with E-state index < -0.39 is 20.5 Å². The molecule has 0 saturated heterocycles. The van der Waals surface area contributed by atoms with Gasteiger partial charge in [-0.05, 0) is 49.4 Å². The summed E-state index contributed by atoms with van der Waals surface area (Å²) in [6.45, 7) is 7.98. The summed E-state index contributed by atoms with van der Waals surface area (Å²) in [5, 5.41) is 2.72. The second-order valence-corrected chi connectivity index (χ2v) is 8.81. The van der Waals surface area contributed by atoms with E-state index in [9.17, 15) is 22.0 Å². The van der Waals surface area contributed by atoms with Crippen LogP contribution in [0.3, 0.4) is 0 Å². The molecule has 1 aliphatic rings. The Labute approximate surface area is 140 Å². The first-order valence-corrected chi connectivity index (χ1v) is 9.10. The molecule has 1 aliphatic carbocycles. The summed E-state index contributed by atoms with van der Waals surface area (Å²) in [5.41, 5.74) is 1.39. The summed E-state index contributed by atoms with van der Waals surface area (Å²) in [5.74, 6) is -3.64. The molecule has 1 fully saturated rings. The number of nitrogens with one attached hydrogen (secondary N) is 1. The molecule has 0 bridgehead atoms. The third-order valence-electron chi connectivity index (χ3n) is 4.39. The van der Waals surface area contributed by atoms with Crippen LogP contribution in [0.25, 0.3) is 0 Å². The standard InChI is InChI=1S/C17H21F2NO3S/c1-10(2)9-13-14(17(13,3)4)15(21)20-11-5-7-12(8-6-11)24(22,23)16(18)19/h5-9,13-14,16H,1-4H3,(H,20,21)/t13-,14-/m1/s1. The van der Waals surface area contributed by atoms with Crippen molar-refractivity contribution in [3.63, 3.8) is 0 Å².